The number of carboxylic acids is 1. The van der Waals surface area contributed by atoms with Crippen molar-refractivity contribution in [1.82, 2.24) is 20.5 Å². The number of aliphatic carboxylic acids is 1. The van der Waals surface area contributed by atoms with Gasteiger partial charge in [-0.1, -0.05) is 18.3 Å². The molecule has 2 atom stereocenters. The van der Waals surface area contributed by atoms with Gasteiger partial charge in [0.1, 0.15) is 17.0 Å². The number of guanidine groups is 1. The number of nitrogens with zero attached hydrogens (tertiary/aromatic N) is 3. The number of nitrogens with one attached hydrogen (secondary N) is 2. The average molecular weight is 439 g/mol. The van der Waals surface area contributed by atoms with E-state index in [1.165, 1.54) is 0 Å². The predicted octanol–water partition coefficient (Wildman–Crippen LogP) is -1.29. The van der Waals surface area contributed by atoms with Crippen LogP contribution in [-0.4, -0.2) is 76.2 Å². The molecule has 0 spiro atoms. The lowest BCUT2D eigenvalue weighted by Gasteiger charge is -2.35. The molecule has 1 aromatic rings. The summed E-state index contributed by atoms with van der Waals surface area (Å²) in [6.07, 6.45) is 0.533. The first kappa shape index (κ1) is 23.2. The van der Waals surface area contributed by atoms with E-state index in [9.17, 15) is 24.3 Å². The Morgan fingerprint density at radius 2 is 2.10 bits per heavy atom. The molecule has 13 heteroatoms. The maximum absolute atomic E-state index is 12.3. The quantitative estimate of drug-likeness (QED) is 0.242. The van der Waals surface area contributed by atoms with Crippen LogP contribution >= 0.6 is 11.3 Å². The first-order valence-electron chi connectivity index (χ1n) is 9.26. The SMILES string of the molecule is CCC(C(=O)O)N1CCC(=O)C(NC(=O)CNC(=O)c2sc(N=C(N)N)nc2C)C1. The number of carbonyl (C=O) groups is 4. The van der Waals surface area contributed by atoms with Gasteiger partial charge in [0.05, 0.1) is 12.2 Å². The largest absolute Gasteiger partial charge is 0.480 e. The van der Waals surface area contributed by atoms with Crippen molar-refractivity contribution in [3.8, 4) is 0 Å². The van der Waals surface area contributed by atoms with Gasteiger partial charge in [0.2, 0.25) is 11.0 Å². The summed E-state index contributed by atoms with van der Waals surface area (Å²) in [4.78, 5) is 57.8. The number of piperidine rings is 1. The lowest BCUT2D eigenvalue weighted by Crippen LogP contribution is -2.57. The predicted molar refractivity (Wildman–Crippen MR) is 109 cm³/mol. The molecule has 7 N–H and O–H groups in total. The van der Waals surface area contributed by atoms with E-state index in [0.717, 1.165) is 11.3 Å². The Kier molecular flexibility index (Phi) is 7.83. The van der Waals surface area contributed by atoms with Crippen LogP contribution in [0.1, 0.15) is 35.1 Å². The van der Waals surface area contributed by atoms with Crippen LogP contribution in [0.5, 0.6) is 0 Å². The van der Waals surface area contributed by atoms with Crippen LogP contribution in [0.2, 0.25) is 0 Å². The number of hydrogen-bond donors (Lipinski definition) is 5. The van der Waals surface area contributed by atoms with E-state index in [1.54, 1.807) is 18.7 Å². The molecule has 1 saturated heterocycles. The summed E-state index contributed by atoms with van der Waals surface area (Å²) < 4.78 is 0. The number of hydrogen-bond acceptors (Lipinski definition) is 8. The third kappa shape index (κ3) is 5.97. The van der Waals surface area contributed by atoms with Gasteiger partial charge < -0.3 is 27.2 Å². The fraction of sp³-hybridized carbons (Fsp3) is 0.529. The van der Waals surface area contributed by atoms with Gasteiger partial charge in [-0.2, -0.15) is 4.99 Å². The number of rotatable bonds is 8. The second kappa shape index (κ2) is 10.1. The zero-order chi connectivity index (χ0) is 22.4. The molecule has 164 valence electrons. The van der Waals surface area contributed by atoms with Crippen molar-refractivity contribution in [3.05, 3.63) is 10.6 Å². The number of aryl methyl sites for hydroxylation is 1. The maximum Gasteiger partial charge on any atom is 0.320 e. The number of thiazole rings is 1. The number of Topliss-reactive ketones (excluding diaryl/α,β-unsaturated/α-hetero) is 1. The molecule has 0 aromatic carbocycles. The Morgan fingerprint density at radius 3 is 2.70 bits per heavy atom. The van der Waals surface area contributed by atoms with Crippen LogP contribution in [0.3, 0.4) is 0 Å². The van der Waals surface area contributed by atoms with Crippen LogP contribution in [0, 0.1) is 6.92 Å². The van der Waals surface area contributed by atoms with Crippen molar-refractivity contribution in [2.45, 2.75) is 38.8 Å². The maximum atomic E-state index is 12.3. The second-order valence-corrected chi connectivity index (χ2v) is 7.70. The third-order valence-corrected chi connectivity index (χ3v) is 5.57. The van der Waals surface area contributed by atoms with Crippen molar-refractivity contribution in [1.29, 1.82) is 0 Å². The highest BCUT2D eigenvalue weighted by atomic mass is 32.1. The van der Waals surface area contributed by atoms with E-state index in [0.29, 0.717) is 18.7 Å². The van der Waals surface area contributed by atoms with Crippen LogP contribution < -0.4 is 22.1 Å². The number of carbonyl (C=O) groups excluding carboxylic acids is 3. The minimum Gasteiger partial charge on any atom is -0.480 e. The van der Waals surface area contributed by atoms with Crippen molar-refractivity contribution in [2.75, 3.05) is 19.6 Å². The summed E-state index contributed by atoms with van der Waals surface area (Å²) in [7, 11) is 0. The summed E-state index contributed by atoms with van der Waals surface area (Å²) in [5.41, 5.74) is 11.0. The molecule has 2 rings (SSSR count). The molecule has 30 heavy (non-hydrogen) atoms. The number of aromatic nitrogens is 1. The number of amides is 2. The van der Waals surface area contributed by atoms with E-state index in [2.05, 4.69) is 20.6 Å². The van der Waals surface area contributed by atoms with Gasteiger partial charge >= 0.3 is 5.97 Å². The van der Waals surface area contributed by atoms with Gasteiger partial charge in [0.25, 0.3) is 5.91 Å². The van der Waals surface area contributed by atoms with Crippen molar-refractivity contribution in [3.63, 3.8) is 0 Å². The molecular weight excluding hydrogens is 414 g/mol. The minimum absolute atomic E-state index is 0.110. The standard InChI is InChI=1S/C17H25N7O5S/c1-3-10(15(28)29)24-5-4-11(25)9(7-24)22-12(26)6-20-14(27)13-8(2)21-17(30-13)23-16(18)19/h9-10H,3-7H2,1-2H3,(H,20,27)(H,22,26)(H,28,29)(H4,18,19,21,23). The molecule has 2 amide bonds. The Bertz CT molecular complexity index is 865. The third-order valence-electron chi connectivity index (χ3n) is 4.52. The lowest BCUT2D eigenvalue weighted by molar-refractivity contribution is -0.145. The summed E-state index contributed by atoms with van der Waals surface area (Å²) in [6, 6.07) is -1.54. The Hall–Kier alpha value is -3.06. The molecule has 1 aliphatic rings. The van der Waals surface area contributed by atoms with Gasteiger partial charge in [-0.3, -0.25) is 24.1 Å². The molecule has 1 aliphatic heterocycles. The van der Waals surface area contributed by atoms with Gasteiger partial charge in [-0.15, -0.1) is 0 Å². The minimum atomic E-state index is -0.968. The number of aliphatic imine (C=N–C) groups is 1. The van der Waals surface area contributed by atoms with E-state index in [4.69, 9.17) is 11.5 Å². The summed E-state index contributed by atoms with van der Waals surface area (Å²) >= 11 is 0.974. The number of nitrogens with two attached hydrogens (primary N) is 2. The van der Waals surface area contributed by atoms with Crippen LogP contribution in [-0.2, 0) is 14.4 Å². The molecule has 0 radical (unpaired) electrons. The molecule has 0 aliphatic carbocycles. The molecular formula is C17H25N7O5S. The fourth-order valence-corrected chi connectivity index (χ4v) is 3.97. The fourth-order valence-electron chi connectivity index (χ4n) is 3.09. The molecule has 12 nitrogen and oxygen atoms in total. The number of carboxylic acid groups (broad SMARTS) is 1. The number of ketones is 1. The van der Waals surface area contributed by atoms with Gasteiger partial charge in [0.15, 0.2) is 11.7 Å². The van der Waals surface area contributed by atoms with Gasteiger partial charge in [0, 0.05) is 19.5 Å². The first-order chi connectivity index (χ1) is 14.1. The summed E-state index contributed by atoms with van der Waals surface area (Å²) in [5.74, 6) is -2.41. The van der Waals surface area contributed by atoms with Crippen molar-refractivity contribution in [2.24, 2.45) is 16.5 Å². The Morgan fingerprint density at radius 1 is 1.40 bits per heavy atom. The topological polar surface area (TPSA) is 193 Å². The van der Waals surface area contributed by atoms with Gasteiger partial charge in [-0.25, -0.2) is 4.98 Å². The van der Waals surface area contributed by atoms with E-state index in [-0.39, 0.29) is 41.3 Å². The van der Waals surface area contributed by atoms with Crippen LogP contribution in [0.15, 0.2) is 4.99 Å². The van der Waals surface area contributed by atoms with Crippen LogP contribution in [0.4, 0.5) is 5.13 Å². The summed E-state index contributed by atoms with van der Waals surface area (Å²) in [5, 5.41) is 14.5. The highest BCUT2D eigenvalue weighted by molar-refractivity contribution is 7.17. The molecule has 0 bridgehead atoms. The molecule has 1 aromatic heterocycles. The van der Waals surface area contributed by atoms with E-state index < -0.39 is 29.9 Å². The first-order valence-corrected chi connectivity index (χ1v) is 10.1. The second-order valence-electron chi connectivity index (χ2n) is 6.72. The molecule has 1 fully saturated rings. The zero-order valence-corrected chi connectivity index (χ0v) is 17.5. The van der Waals surface area contributed by atoms with E-state index in [1.807, 2.05) is 0 Å². The average Bonchev–Trinajstić information content (AvgIpc) is 3.02. The zero-order valence-electron chi connectivity index (χ0n) is 16.7. The number of likely N-dealkylation sites (tertiary alicyclic amines) is 1. The monoisotopic (exact) mass is 439 g/mol. The van der Waals surface area contributed by atoms with Crippen molar-refractivity contribution < 1.29 is 24.3 Å². The normalized spacial score (nSPS) is 17.8. The highest BCUT2D eigenvalue weighted by Crippen LogP contribution is 2.24. The van der Waals surface area contributed by atoms with Crippen molar-refractivity contribution >= 4 is 46.0 Å². The molecule has 0 saturated carbocycles. The van der Waals surface area contributed by atoms with Gasteiger partial charge in [-0.05, 0) is 13.3 Å². The smallest absolute Gasteiger partial charge is 0.320 e. The Labute approximate surface area is 176 Å². The molecule has 2 heterocycles. The van der Waals surface area contributed by atoms with Crippen LogP contribution in [0.25, 0.3) is 0 Å². The summed E-state index contributed by atoms with van der Waals surface area (Å²) in [6.45, 7) is 3.44. The highest BCUT2D eigenvalue weighted by Gasteiger charge is 2.34. The lowest BCUT2D eigenvalue weighted by atomic mass is 10.0. The Balaban J connectivity index is 1.92. The van der Waals surface area contributed by atoms with E-state index >= 15 is 0 Å². The molecule has 2 unspecified atom stereocenters.